The number of rotatable bonds is 7. The topological polar surface area (TPSA) is 35.5 Å². The molecular weight excluding hydrogens is 152 g/mol. The van der Waals surface area contributed by atoms with E-state index in [2.05, 4.69) is 17.3 Å². The second-order valence-corrected chi connectivity index (χ2v) is 3.54. The van der Waals surface area contributed by atoms with Crippen molar-refractivity contribution in [2.45, 2.75) is 25.3 Å². The van der Waals surface area contributed by atoms with E-state index in [9.17, 15) is 0 Å². The van der Waals surface area contributed by atoms with E-state index in [0.717, 1.165) is 19.1 Å². The van der Waals surface area contributed by atoms with Crippen LogP contribution in [0.1, 0.15) is 19.3 Å². The summed E-state index contributed by atoms with van der Waals surface area (Å²) in [5.74, 6) is 0. The first kappa shape index (κ1) is 9.96. The Bertz CT molecular complexity index is 115. The lowest BCUT2D eigenvalue weighted by molar-refractivity contribution is 0.285. The van der Waals surface area contributed by atoms with Gasteiger partial charge >= 0.3 is 0 Å². The molecule has 0 aromatic carbocycles. The normalized spacial score (nSPS) is 17.2. The van der Waals surface area contributed by atoms with Crippen molar-refractivity contribution in [3.05, 3.63) is 0 Å². The van der Waals surface area contributed by atoms with Gasteiger partial charge in [0.15, 0.2) is 0 Å². The van der Waals surface area contributed by atoms with Crippen LogP contribution in [-0.4, -0.2) is 49.3 Å². The molecule has 0 spiro atoms. The zero-order chi connectivity index (χ0) is 8.81. The van der Waals surface area contributed by atoms with Crippen LogP contribution in [0.3, 0.4) is 0 Å². The van der Waals surface area contributed by atoms with Crippen LogP contribution in [0.25, 0.3) is 0 Å². The summed E-state index contributed by atoms with van der Waals surface area (Å²) in [6.07, 6.45) is 3.97. The molecular formula is C9H20N2O. The molecule has 0 aromatic heterocycles. The molecule has 1 aliphatic rings. The van der Waals surface area contributed by atoms with Crippen LogP contribution >= 0.6 is 0 Å². The lowest BCUT2D eigenvalue weighted by Crippen LogP contribution is -2.26. The molecule has 2 N–H and O–H groups in total. The molecule has 0 heterocycles. The van der Waals surface area contributed by atoms with Crippen LogP contribution in [0, 0.1) is 0 Å². The molecule has 0 amide bonds. The van der Waals surface area contributed by atoms with E-state index in [-0.39, 0.29) is 6.61 Å². The highest BCUT2D eigenvalue weighted by molar-refractivity contribution is 4.82. The number of aliphatic hydroxyl groups excluding tert-OH is 1. The quantitative estimate of drug-likeness (QED) is 0.533. The number of hydrogen-bond acceptors (Lipinski definition) is 3. The Kier molecular flexibility index (Phi) is 4.58. The van der Waals surface area contributed by atoms with Crippen molar-refractivity contribution in [2.24, 2.45) is 0 Å². The maximum absolute atomic E-state index is 8.50. The Balaban J connectivity index is 1.81. The van der Waals surface area contributed by atoms with E-state index >= 15 is 0 Å². The van der Waals surface area contributed by atoms with Crippen LogP contribution in [-0.2, 0) is 0 Å². The summed E-state index contributed by atoms with van der Waals surface area (Å²) in [5.41, 5.74) is 0. The van der Waals surface area contributed by atoms with Gasteiger partial charge < -0.3 is 15.3 Å². The minimum Gasteiger partial charge on any atom is -0.395 e. The van der Waals surface area contributed by atoms with Gasteiger partial charge in [0.1, 0.15) is 0 Å². The molecule has 1 saturated carbocycles. The highest BCUT2D eigenvalue weighted by Crippen LogP contribution is 2.24. The fourth-order valence-corrected chi connectivity index (χ4v) is 1.36. The fourth-order valence-electron chi connectivity index (χ4n) is 1.36. The Morgan fingerprint density at radius 3 is 2.75 bits per heavy atom. The van der Waals surface area contributed by atoms with Crippen molar-refractivity contribution in [3.63, 3.8) is 0 Å². The molecule has 1 aliphatic carbocycles. The number of hydrogen-bond donors (Lipinski definition) is 2. The summed E-state index contributed by atoms with van der Waals surface area (Å²) in [7, 11) is 2.20. The highest BCUT2D eigenvalue weighted by atomic mass is 16.3. The molecule has 0 bridgehead atoms. The lowest BCUT2D eigenvalue weighted by Gasteiger charge is -2.14. The monoisotopic (exact) mass is 172 g/mol. The van der Waals surface area contributed by atoms with Crippen molar-refractivity contribution < 1.29 is 5.11 Å². The Hall–Kier alpha value is -0.120. The number of nitrogens with zero attached hydrogens (tertiary/aromatic N) is 1. The molecule has 1 rings (SSSR count). The van der Waals surface area contributed by atoms with Crippen molar-refractivity contribution >= 4 is 0 Å². The van der Waals surface area contributed by atoms with Crippen molar-refractivity contribution in [1.29, 1.82) is 0 Å². The van der Waals surface area contributed by atoms with Gasteiger partial charge in [0.2, 0.25) is 0 Å². The van der Waals surface area contributed by atoms with Gasteiger partial charge in [-0.15, -0.1) is 0 Å². The lowest BCUT2D eigenvalue weighted by atomic mass is 10.4. The zero-order valence-electron chi connectivity index (χ0n) is 7.92. The van der Waals surface area contributed by atoms with E-state index in [4.69, 9.17) is 5.11 Å². The Morgan fingerprint density at radius 2 is 2.17 bits per heavy atom. The minimum atomic E-state index is 0.248. The minimum absolute atomic E-state index is 0.248. The largest absolute Gasteiger partial charge is 0.395 e. The van der Waals surface area contributed by atoms with Gasteiger partial charge in [0, 0.05) is 12.6 Å². The van der Waals surface area contributed by atoms with E-state index in [1.807, 2.05) is 0 Å². The zero-order valence-corrected chi connectivity index (χ0v) is 7.92. The smallest absolute Gasteiger partial charge is 0.0555 e. The highest BCUT2D eigenvalue weighted by Gasteiger charge is 2.25. The first-order chi connectivity index (χ1) is 5.84. The molecule has 72 valence electrons. The average molecular weight is 172 g/mol. The van der Waals surface area contributed by atoms with Crippen LogP contribution in [0.15, 0.2) is 0 Å². The van der Waals surface area contributed by atoms with Crippen LogP contribution < -0.4 is 5.32 Å². The first-order valence-electron chi connectivity index (χ1n) is 4.86. The van der Waals surface area contributed by atoms with E-state index < -0.39 is 0 Å². The third-order valence-corrected chi connectivity index (χ3v) is 2.32. The predicted octanol–water partition coefficient (Wildman–Crippen LogP) is 0.0526. The molecule has 0 saturated heterocycles. The van der Waals surface area contributed by atoms with E-state index in [0.29, 0.717) is 0 Å². The van der Waals surface area contributed by atoms with E-state index in [1.165, 1.54) is 25.8 Å². The van der Waals surface area contributed by atoms with Gasteiger partial charge in [-0.3, -0.25) is 0 Å². The third kappa shape index (κ3) is 4.04. The van der Waals surface area contributed by atoms with Crippen molar-refractivity contribution in [3.8, 4) is 0 Å². The van der Waals surface area contributed by atoms with Gasteiger partial charge in [-0.05, 0) is 39.4 Å². The van der Waals surface area contributed by atoms with Crippen molar-refractivity contribution in [1.82, 2.24) is 10.2 Å². The molecule has 3 nitrogen and oxygen atoms in total. The van der Waals surface area contributed by atoms with E-state index in [1.54, 1.807) is 0 Å². The van der Waals surface area contributed by atoms with Gasteiger partial charge in [0.05, 0.1) is 6.61 Å². The Labute approximate surface area is 74.8 Å². The van der Waals surface area contributed by atoms with Gasteiger partial charge in [0.25, 0.3) is 0 Å². The fraction of sp³-hybridized carbons (Fsp3) is 1.00. The summed E-state index contributed by atoms with van der Waals surface area (Å²) in [5, 5.41) is 11.7. The van der Waals surface area contributed by atoms with Gasteiger partial charge in [-0.1, -0.05) is 0 Å². The summed E-state index contributed by atoms with van der Waals surface area (Å²) in [4.78, 5) is 2.43. The number of nitrogens with one attached hydrogen (secondary N) is 1. The van der Waals surface area contributed by atoms with Crippen LogP contribution in [0.5, 0.6) is 0 Å². The summed E-state index contributed by atoms with van der Waals surface area (Å²) in [6, 6.07) is 0.878. The second kappa shape index (κ2) is 5.51. The SMILES string of the molecule is CN(CCCNCCO)C1CC1. The summed E-state index contributed by atoms with van der Waals surface area (Å²) < 4.78 is 0. The molecule has 0 aliphatic heterocycles. The summed E-state index contributed by atoms with van der Waals surface area (Å²) in [6.45, 7) is 3.19. The predicted molar refractivity (Wildman–Crippen MR) is 50.2 cm³/mol. The molecule has 3 heteroatoms. The van der Waals surface area contributed by atoms with Gasteiger partial charge in [-0.25, -0.2) is 0 Å². The standard InChI is InChI=1S/C9H20N2O/c1-11(9-3-4-9)7-2-5-10-6-8-12/h9-10,12H,2-8H2,1H3. The molecule has 0 aromatic rings. The first-order valence-corrected chi connectivity index (χ1v) is 4.86. The molecule has 0 radical (unpaired) electrons. The van der Waals surface area contributed by atoms with Crippen LogP contribution in [0.2, 0.25) is 0 Å². The molecule has 0 unspecified atom stereocenters. The average Bonchev–Trinajstić information content (AvgIpc) is 2.86. The second-order valence-electron chi connectivity index (χ2n) is 3.54. The molecule has 1 fully saturated rings. The summed E-state index contributed by atoms with van der Waals surface area (Å²) >= 11 is 0. The van der Waals surface area contributed by atoms with Gasteiger partial charge in [-0.2, -0.15) is 0 Å². The van der Waals surface area contributed by atoms with Crippen LogP contribution in [0.4, 0.5) is 0 Å². The maximum atomic E-state index is 8.50. The maximum Gasteiger partial charge on any atom is 0.0555 e. The van der Waals surface area contributed by atoms with Crippen molar-refractivity contribution in [2.75, 3.05) is 33.3 Å². The number of aliphatic hydroxyl groups is 1. The Morgan fingerprint density at radius 1 is 1.42 bits per heavy atom. The third-order valence-electron chi connectivity index (χ3n) is 2.32. The molecule has 12 heavy (non-hydrogen) atoms. The molecule has 0 atom stereocenters.